The van der Waals surface area contributed by atoms with Gasteiger partial charge in [-0.2, -0.15) is 0 Å². The van der Waals surface area contributed by atoms with Gasteiger partial charge in [0.15, 0.2) is 0 Å². The number of benzene rings is 3. The van der Waals surface area contributed by atoms with Gasteiger partial charge in [0, 0.05) is 18.2 Å². The van der Waals surface area contributed by atoms with E-state index in [1.54, 1.807) is 6.92 Å². The van der Waals surface area contributed by atoms with Crippen LogP contribution in [-0.4, -0.2) is 43.0 Å². The summed E-state index contributed by atoms with van der Waals surface area (Å²) in [5.41, 5.74) is 0.454. The fourth-order valence-corrected chi connectivity index (χ4v) is 11.1. The fraction of sp³-hybridized carbons (Fsp3) is 0.361. The van der Waals surface area contributed by atoms with Gasteiger partial charge in [-0.3, -0.25) is 14.3 Å². The lowest BCUT2D eigenvalue weighted by Crippen LogP contribution is -2.69. The zero-order valence-electron chi connectivity index (χ0n) is 26.3. The van der Waals surface area contributed by atoms with Crippen molar-refractivity contribution < 1.29 is 18.7 Å². The molecule has 5 rings (SSSR count). The third-order valence-corrected chi connectivity index (χ3v) is 13.7. The topological polar surface area (TPSA) is 99.6 Å². The van der Waals surface area contributed by atoms with E-state index in [1.165, 1.54) is 10.8 Å². The normalized spacial score (nSPS) is 19.3. The summed E-state index contributed by atoms with van der Waals surface area (Å²) in [5, 5.41) is 1.93. The van der Waals surface area contributed by atoms with Crippen molar-refractivity contribution in [3.63, 3.8) is 0 Å². The van der Waals surface area contributed by atoms with Crippen LogP contribution >= 0.6 is 0 Å². The van der Waals surface area contributed by atoms with E-state index >= 15 is 0 Å². The highest BCUT2D eigenvalue weighted by atomic mass is 28.4. The molecule has 45 heavy (non-hydrogen) atoms. The molecule has 1 fully saturated rings. The second kappa shape index (κ2) is 14.0. The molecule has 2 heterocycles. The van der Waals surface area contributed by atoms with Gasteiger partial charge in [0.05, 0.1) is 25.4 Å². The van der Waals surface area contributed by atoms with Gasteiger partial charge in [-0.15, -0.1) is 0 Å². The van der Waals surface area contributed by atoms with Crippen molar-refractivity contribution in [2.24, 2.45) is 5.92 Å². The predicted octanol–water partition coefficient (Wildman–Crippen LogP) is 4.50. The largest absolute Gasteiger partial charge is 0.399 e. The van der Waals surface area contributed by atoms with Crippen LogP contribution < -0.4 is 21.6 Å². The highest BCUT2D eigenvalue weighted by Gasteiger charge is 2.54. The Morgan fingerprint density at radius 3 is 2.09 bits per heavy atom. The second-order valence-electron chi connectivity index (χ2n) is 12.8. The van der Waals surface area contributed by atoms with Gasteiger partial charge >= 0.3 is 5.69 Å². The molecular weight excluding hydrogens is 584 g/mol. The Hall–Kier alpha value is -3.89. The maximum atomic E-state index is 12.9. The number of ether oxygens (including phenoxy) is 2. The summed E-state index contributed by atoms with van der Waals surface area (Å²) in [6.45, 7) is 8.89. The number of H-pyrrole nitrogens is 1. The number of rotatable bonds is 12. The number of carbonyl (C=O) groups excluding carboxylic acids is 1. The van der Waals surface area contributed by atoms with Gasteiger partial charge in [-0.25, -0.2) is 4.79 Å². The SMILES string of the molecule is Cc1cn([C@H]2C[C@H](CC=O)[C@@H](C(COCc3ccccc3)O[Si](c3ccccc3)(c3ccccc3)C(C)(C)C)O2)c(=O)[nH]c1=O. The molecule has 0 aliphatic carbocycles. The Bertz CT molecular complexity index is 1630. The first-order chi connectivity index (χ1) is 21.6. The number of aryl methyl sites for hydroxylation is 1. The number of nitrogens with one attached hydrogen (secondary N) is 1. The number of aldehydes is 1. The lowest BCUT2D eigenvalue weighted by atomic mass is 9.94. The van der Waals surface area contributed by atoms with Crippen molar-refractivity contribution in [3.8, 4) is 0 Å². The molecule has 1 unspecified atom stereocenters. The number of aromatic nitrogens is 2. The standard InChI is InChI=1S/C36H42N2O6Si/c1-26-23-38(35(41)37-34(26)40)32-22-28(20-21-39)33(43-32)31(25-42-24-27-14-8-5-9-15-27)44-45(36(2,3)4,29-16-10-6-11-17-29)30-18-12-7-13-19-30/h5-19,21,23,28,31-33H,20,22,24-25H2,1-4H3,(H,37,40,41)/t28-,31?,32+,33-/m0/s1. The predicted molar refractivity (Wildman–Crippen MR) is 177 cm³/mol. The zero-order valence-corrected chi connectivity index (χ0v) is 27.3. The molecule has 1 aromatic heterocycles. The Labute approximate surface area is 265 Å². The third-order valence-electron chi connectivity index (χ3n) is 8.64. The molecular formula is C36H42N2O6Si. The maximum absolute atomic E-state index is 12.9. The van der Waals surface area contributed by atoms with Crippen LogP contribution in [0.2, 0.25) is 5.04 Å². The van der Waals surface area contributed by atoms with Crippen molar-refractivity contribution in [3.05, 3.63) is 129 Å². The molecule has 0 radical (unpaired) electrons. The van der Waals surface area contributed by atoms with Crippen molar-refractivity contribution in [2.75, 3.05) is 6.61 Å². The summed E-state index contributed by atoms with van der Waals surface area (Å²) in [4.78, 5) is 39.4. The molecule has 1 aliphatic rings. The van der Waals surface area contributed by atoms with E-state index in [0.29, 0.717) is 18.6 Å². The number of carbonyl (C=O) groups is 1. The van der Waals surface area contributed by atoms with Gasteiger partial charge in [0.1, 0.15) is 12.5 Å². The monoisotopic (exact) mass is 626 g/mol. The van der Waals surface area contributed by atoms with E-state index < -0.39 is 38.0 Å². The minimum Gasteiger partial charge on any atom is -0.399 e. The van der Waals surface area contributed by atoms with E-state index in [-0.39, 0.29) is 24.0 Å². The Balaban J connectivity index is 1.59. The Kier molecular flexibility index (Phi) is 10.1. The molecule has 0 spiro atoms. The molecule has 0 saturated carbocycles. The van der Waals surface area contributed by atoms with Crippen LogP contribution in [0.5, 0.6) is 0 Å². The second-order valence-corrected chi connectivity index (χ2v) is 17.0. The average Bonchev–Trinajstić information content (AvgIpc) is 3.45. The quantitative estimate of drug-likeness (QED) is 0.184. The highest BCUT2D eigenvalue weighted by molar-refractivity contribution is 6.99. The molecule has 1 saturated heterocycles. The van der Waals surface area contributed by atoms with E-state index in [4.69, 9.17) is 13.9 Å². The molecule has 0 amide bonds. The van der Waals surface area contributed by atoms with Crippen LogP contribution in [0.25, 0.3) is 0 Å². The molecule has 4 aromatic rings. The van der Waals surface area contributed by atoms with Gasteiger partial charge in [-0.05, 0) is 40.2 Å². The number of hydrogen-bond acceptors (Lipinski definition) is 6. The molecule has 4 atom stereocenters. The van der Waals surface area contributed by atoms with Crippen molar-refractivity contribution in [2.45, 2.75) is 70.6 Å². The van der Waals surface area contributed by atoms with Crippen molar-refractivity contribution >= 4 is 25.0 Å². The first-order valence-electron chi connectivity index (χ1n) is 15.5. The summed E-state index contributed by atoms with van der Waals surface area (Å²) in [6, 6.07) is 30.7. The van der Waals surface area contributed by atoms with E-state index in [2.05, 4.69) is 50.0 Å². The smallest absolute Gasteiger partial charge is 0.330 e. The van der Waals surface area contributed by atoms with E-state index in [9.17, 15) is 14.4 Å². The molecule has 8 nitrogen and oxygen atoms in total. The van der Waals surface area contributed by atoms with Crippen LogP contribution in [0.3, 0.4) is 0 Å². The average molecular weight is 627 g/mol. The Morgan fingerprint density at radius 2 is 1.53 bits per heavy atom. The minimum absolute atomic E-state index is 0.214. The van der Waals surface area contributed by atoms with E-state index in [1.807, 2.05) is 66.7 Å². The summed E-state index contributed by atoms with van der Waals surface area (Å²) >= 11 is 0. The van der Waals surface area contributed by atoms with Crippen LogP contribution in [0.4, 0.5) is 0 Å². The molecule has 1 aliphatic heterocycles. The summed E-state index contributed by atoms with van der Waals surface area (Å²) < 4.78 is 22.0. The van der Waals surface area contributed by atoms with Crippen LogP contribution in [0.15, 0.2) is 107 Å². The Morgan fingerprint density at radius 1 is 0.956 bits per heavy atom. The summed E-state index contributed by atoms with van der Waals surface area (Å²) in [5.74, 6) is -0.241. The maximum Gasteiger partial charge on any atom is 0.330 e. The number of aromatic amines is 1. The molecule has 9 heteroatoms. The van der Waals surface area contributed by atoms with Gasteiger partial charge in [0.25, 0.3) is 13.9 Å². The molecule has 0 bridgehead atoms. The van der Waals surface area contributed by atoms with Crippen LogP contribution in [0, 0.1) is 12.8 Å². The van der Waals surface area contributed by atoms with Gasteiger partial charge in [0.2, 0.25) is 0 Å². The van der Waals surface area contributed by atoms with Crippen molar-refractivity contribution in [1.29, 1.82) is 0 Å². The molecule has 1 N–H and O–H groups in total. The number of nitrogens with zero attached hydrogens (tertiary/aromatic N) is 1. The fourth-order valence-electron chi connectivity index (χ4n) is 6.45. The van der Waals surface area contributed by atoms with Gasteiger partial charge < -0.3 is 18.7 Å². The van der Waals surface area contributed by atoms with Crippen LogP contribution in [-0.2, 0) is 25.3 Å². The lowest BCUT2D eigenvalue weighted by Gasteiger charge is -2.46. The summed E-state index contributed by atoms with van der Waals surface area (Å²) in [6.07, 6.45) is 1.25. The van der Waals surface area contributed by atoms with Crippen LogP contribution in [0.1, 0.15) is 51.0 Å². The van der Waals surface area contributed by atoms with Gasteiger partial charge in [-0.1, -0.05) is 112 Å². The lowest BCUT2D eigenvalue weighted by molar-refractivity contribution is -0.111. The number of hydrogen-bond donors (Lipinski definition) is 1. The summed E-state index contributed by atoms with van der Waals surface area (Å²) in [7, 11) is -3.05. The first kappa shape index (κ1) is 32.5. The van der Waals surface area contributed by atoms with E-state index in [0.717, 1.165) is 22.2 Å². The minimum atomic E-state index is -3.05. The van der Waals surface area contributed by atoms with Crippen molar-refractivity contribution in [1.82, 2.24) is 9.55 Å². The highest BCUT2D eigenvalue weighted by Crippen LogP contribution is 2.42. The first-order valence-corrected chi connectivity index (χ1v) is 17.4. The molecule has 3 aromatic carbocycles. The third kappa shape index (κ3) is 7.02. The zero-order chi connectivity index (χ0) is 32.0. The molecule has 236 valence electrons.